The first-order chi connectivity index (χ1) is 10.1. The number of carbonyl (C=O) groups is 1. The molecule has 0 unspecified atom stereocenters. The van der Waals surface area contributed by atoms with Gasteiger partial charge in [-0.1, -0.05) is 10.6 Å². The summed E-state index contributed by atoms with van der Waals surface area (Å²) >= 11 is 1.14. The number of hydrogen-bond donors (Lipinski definition) is 0. The second-order valence-corrected chi connectivity index (χ2v) is 6.07. The molecular weight excluding hydrogens is 286 g/mol. The van der Waals surface area contributed by atoms with Crippen LogP contribution in [-0.2, 0) is 6.42 Å². The summed E-state index contributed by atoms with van der Waals surface area (Å²) < 4.78 is 9.07. The number of ether oxygens (including phenoxy) is 1. The first-order valence-electron chi connectivity index (χ1n) is 6.88. The quantitative estimate of drug-likeness (QED) is 0.856. The maximum Gasteiger partial charge on any atom is 0.267 e. The molecule has 1 aliphatic heterocycles. The summed E-state index contributed by atoms with van der Waals surface area (Å²) in [7, 11) is 1.67. The minimum atomic E-state index is 0.00599. The average molecular weight is 303 g/mol. The second kappa shape index (κ2) is 5.44. The lowest BCUT2D eigenvalue weighted by atomic mass is 9.89. The zero-order valence-corrected chi connectivity index (χ0v) is 13.1. The van der Waals surface area contributed by atoms with E-state index in [9.17, 15) is 4.79 Å². The number of carbonyl (C=O) groups excluding carboxylic acids is 1. The lowest BCUT2D eigenvalue weighted by molar-refractivity contribution is 0.0585. The van der Waals surface area contributed by atoms with E-state index in [0.29, 0.717) is 4.88 Å². The highest BCUT2D eigenvalue weighted by Gasteiger charge is 2.34. The van der Waals surface area contributed by atoms with Gasteiger partial charge in [0, 0.05) is 6.04 Å². The van der Waals surface area contributed by atoms with E-state index in [-0.39, 0.29) is 18.0 Å². The monoisotopic (exact) mass is 303 g/mol. The van der Waals surface area contributed by atoms with Crippen molar-refractivity contribution in [2.24, 2.45) is 0 Å². The Hall–Kier alpha value is -1.95. The van der Waals surface area contributed by atoms with E-state index in [2.05, 4.69) is 35.6 Å². The number of benzene rings is 1. The molecule has 0 bridgehead atoms. The Morgan fingerprint density at radius 1 is 1.43 bits per heavy atom. The van der Waals surface area contributed by atoms with Crippen molar-refractivity contribution in [2.75, 3.05) is 7.11 Å². The van der Waals surface area contributed by atoms with Gasteiger partial charge in [-0.2, -0.15) is 0 Å². The van der Waals surface area contributed by atoms with E-state index < -0.39 is 0 Å². The van der Waals surface area contributed by atoms with Crippen LogP contribution in [0.2, 0.25) is 0 Å². The Balaban J connectivity index is 1.96. The molecule has 110 valence electrons. The zero-order valence-electron chi connectivity index (χ0n) is 12.2. The van der Waals surface area contributed by atoms with Crippen LogP contribution in [0.4, 0.5) is 0 Å². The third-order valence-electron chi connectivity index (χ3n) is 4.01. The standard InChI is InChI=1S/C15H17N3O2S/c1-9-6-11-7-12(20-3)4-5-13(11)10(2)18(9)15(19)14-8-16-17-21-14/h4-5,7-10H,6H2,1-3H3/t9-,10+/m0/s1. The van der Waals surface area contributed by atoms with E-state index in [4.69, 9.17) is 4.74 Å². The molecule has 1 aromatic carbocycles. The van der Waals surface area contributed by atoms with Gasteiger partial charge in [0.15, 0.2) is 0 Å². The fourth-order valence-corrected chi connectivity index (χ4v) is 3.47. The summed E-state index contributed by atoms with van der Waals surface area (Å²) in [6.07, 6.45) is 2.37. The molecule has 6 heteroatoms. The van der Waals surface area contributed by atoms with Gasteiger partial charge in [0.1, 0.15) is 10.6 Å². The lowest BCUT2D eigenvalue weighted by Crippen LogP contribution is -2.44. The molecule has 0 radical (unpaired) electrons. The topological polar surface area (TPSA) is 55.3 Å². The van der Waals surface area contributed by atoms with Crippen LogP contribution in [0.25, 0.3) is 0 Å². The number of amides is 1. The number of fused-ring (bicyclic) bond motifs is 1. The summed E-state index contributed by atoms with van der Waals surface area (Å²) in [5.74, 6) is 0.867. The van der Waals surface area contributed by atoms with Crippen LogP contribution in [0.15, 0.2) is 24.4 Å². The van der Waals surface area contributed by atoms with Crippen molar-refractivity contribution in [1.29, 1.82) is 0 Å². The molecule has 2 aromatic rings. The molecule has 2 heterocycles. The largest absolute Gasteiger partial charge is 0.497 e. The van der Waals surface area contributed by atoms with Crippen LogP contribution >= 0.6 is 11.5 Å². The highest BCUT2D eigenvalue weighted by molar-refractivity contribution is 7.07. The van der Waals surface area contributed by atoms with Gasteiger partial charge in [-0.15, -0.1) is 5.10 Å². The van der Waals surface area contributed by atoms with E-state index in [0.717, 1.165) is 23.7 Å². The second-order valence-electron chi connectivity index (χ2n) is 5.29. The van der Waals surface area contributed by atoms with Crippen molar-refractivity contribution in [1.82, 2.24) is 14.5 Å². The minimum absolute atomic E-state index is 0.00599. The van der Waals surface area contributed by atoms with Gasteiger partial charge in [0.2, 0.25) is 0 Å². The SMILES string of the molecule is COc1ccc2c(c1)C[C@H](C)N(C(=O)c1cnns1)[C@@H]2C. The van der Waals surface area contributed by atoms with Gasteiger partial charge >= 0.3 is 0 Å². The Morgan fingerprint density at radius 2 is 2.24 bits per heavy atom. The molecule has 0 fully saturated rings. The molecule has 0 saturated carbocycles. The van der Waals surface area contributed by atoms with Gasteiger partial charge in [0.25, 0.3) is 5.91 Å². The molecule has 5 nitrogen and oxygen atoms in total. The van der Waals surface area contributed by atoms with Gasteiger partial charge in [-0.25, -0.2) is 0 Å². The Morgan fingerprint density at radius 3 is 2.90 bits per heavy atom. The van der Waals surface area contributed by atoms with Gasteiger partial charge in [-0.05, 0) is 55.1 Å². The predicted octanol–water partition coefficient (Wildman–Crippen LogP) is 2.69. The molecule has 1 aliphatic rings. The molecule has 3 rings (SSSR count). The fraction of sp³-hybridized carbons (Fsp3) is 0.400. The summed E-state index contributed by atoms with van der Waals surface area (Å²) in [5, 5.41) is 3.76. The lowest BCUT2D eigenvalue weighted by Gasteiger charge is -2.40. The van der Waals surface area contributed by atoms with Crippen LogP contribution in [0.5, 0.6) is 5.75 Å². The Kier molecular flexibility index (Phi) is 3.63. The molecule has 2 atom stereocenters. The summed E-state index contributed by atoms with van der Waals surface area (Å²) in [6, 6.07) is 6.23. The van der Waals surface area contributed by atoms with E-state index in [1.54, 1.807) is 7.11 Å². The van der Waals surface area contributed by atoms with Crippen LogP contribution in [0, 0.1) is 0 Å². The van der Waals surface area contributed by atoms with Crippen LogP contribution in [-0.4, -0.2) is 33.5 Å². The normalized spacial score (nSPS) is 21.0. The number of nitrogens with zero attached hydrogens (tertiary/aromatic N) is 3. The van der Waals surface area contributed by atoms with E-state index >= 15 is 0 Å². The van der Waals surface area contributed by atoms with Gasteiger partial charge < -0.3 is 9.64 Å². The van der Waals surface area contributed by atoms with Crippen LogP contribution in [0.1, 0.15) is 40.7 Å². The Bertz CT molecular complexity index is 657. The molecular formula is C15H17N3O2S. The van der Waals surface area contributed by atoms with E-state index in [1.165, 1.54) is 17.3 Å². The van der Waals surface area contributed by atoms with Gasteiger partial charge in [-0.3, -0.25) is 4.79 Å². The van der Waals surface area contributed by atoms with Gasteiger partial charge in [0.05, 0.1) is 19.3 Å². The molecule has 1 amide bonds. The summed E-state index contributed by atoms with van der Waals surface area (Å²) in [6.45, 7) is 4.14. The summed E-state index contributed by atoms with van der Waals surface area (Å²) in [5.41, 5.74) is 2.43. The molecule has 1 aromatic heterocycles. The average Bonchev–Trinajstić information content (AvgIpc) is 3.00. The maximum atomic E-state index is 12.6. The molecule has 0 N–H and O–H groups in total. The van der Waals surface area contributed by atoms with Crippen molar-refractivity contribution in [2.45, 2.75) is 32.4 Å². The predicted molar refractivity (Wildman–Crippen MR) is 80.7 cm³/mol. The molecule has 0 saturated heterocycles. The van der Waals surface area contributed by atoms with Crippen LogP contribution in [0.3, 0.4) is 0 Å². The number of methoxy groups -OCH3 is 1. The van der Waals surface area contributed by atoms with Crippen molar-refractivity contribution < 1.29 is 9.53 Å². The maximum absolute atomic E-state index is 12.6. The smallest absolute Gasteiger partial charge is 0.267 e. The third kappa shape index (κ3) is 2.40. The third-order valence-corrected chi connectivity index (χ3v) is 4.67. The van der Waals surface area contributed by atoms with Crippen LogP contribution < -0.4 is 4.74 Å². The zero-order chi connectivity index (χ0) is 15.0. The molecule has 21 heavy (non-hydrogen) atoms. The fourth-order valence-electron chi connectivity index (χ4n) is 3.01. The number of hydrogen-bond acceptors (Lipinski definition) is 5. The first kappa shape index (κ1) is 14.0. The molecule has 0 spiro atoms. The Labute approximate surface area is 127 Å². The van der Waals surface area contributed by atoms with Crippen molar-refractivity contribution in [3.63, 3.8) is 0 Å². The van der Waals surface area contributed by atoms with Crippen molar-refractivity contribution >= 4 is 17.4 Å². The summed E-state index contributed by atoms with van der Waals surface area (Å²) in [4.78, 5) is 15.2. The highest BCUT2D eigenvalue weighted by atomic mass is 32.1. The number of rotatable bonds is 2. The highest BCUT2D eigenvalue weighted by Crippen LogP contribution is 2.35. The number of aromatic nitrogens is 2. The van der Waals surface area contributed by atoms with E-state index in [1.807, 2.05) is 11.0 Å². The van der Waals surface area contributed by atoms with Crippen molar-refractivity contribution in [3.05, 3.63) is 40.4 Å². The van der Waals surface area contributed by atoms with Crippen molar-refractivity contribution in [3.8, 4) is 5.75 Å². The first-order valence-corrected chi connectivity index (χ1v) is 7.66. The minimum Gasteiger partial charge on any atom is -0.497 e. The molecule has 0 aliphatic carbocycles.